The highest BCUT2D eigenvalue weighted by molar-refractivity contribution is 6.07. The number of anilines is 1. The van der Waals surface area contributed by atoms with Gasteiger partial charge < -0.3 is 15.1 Å². The number of aliphatic hydroxyl groups is 2. The van der Waals surface area contributed by atoms with Gasteiger partial charge in [-0.2, -0.15) is 0 Å². The number of aliphatic hydroxyl groups excluding tert-OH is 1. The summed E-state index contributed by atoms with van der Waals surface area (Å²) in [5, 5.41) is 33.1. The van der Waals surface area contributed by atoms with Crippen LogP contribution in [0.2, 0.25) is 0 Å². The van der Waals surface area contributed by atoms with Crippen molar-refractivity contribution in [3.05, 3.63) is 118 Å². The molecule has 42 heavy (non-hydrogen) atoms. The Balaban J connectivity index is 1.33. The minimum atomic E-state index is -1.84. The normalized spacial score (nSPS) is 17.4. The summed E-state index contributed by atoms with van der Waals surface area (Å²) in [5.74, 6) is -0.982. The van der Waals surface area contributed by atoms with Gasteiger partial charge in [0, 0.05) is 37.3 Å². The number of aromatic nitrogens is 5. The summed E-state index contributed by atoms with van der Waals surface area (Å²) in [5.41, 5.74) is 1.91. The van der Waals surface area contributed by atoms with Gasteiger partial charge in [0.05, 0.1) is 34.5 Å². The first-order valence-electron chi connectivity index (χ1n) is 14.0. The lowest BCUT2D eigenvalue weighted by molar-refractivity contribution is -0.139. The topological polar surface area (TPSA) is 129 Å². The molecule has 0 saturated heterocycles. The molecular formula is C32H32N6O4. The Bertz CT molecular complexity index is 1820. The maximum Gasteiger partial charge on any atom is 0.279 e. The molecule has 10 heteroatoms. The molecule has 0 saturated carbocycles. The number of H-pyrrole nitrogens is 1. The monoisotopic (exact) mass is 564 g/mol. The number of hydrogen-bond donors (Lipinski definition) is 3. The van der Waals surface area contributed by atoms with Gasteiger partial charge in [0.1, 0.15) is 0 Å². The van der Waals surface area contributed by atoms with Crippen LogP contribution < -0.4 is 10.5 Å². The number of para-hydroxylation sites is 1. The first kappa shape index (κ1) is 27.4. The van der Waals surface area contributed by atoms with Crippen LogP contribution >= 0.6 is 0 Å². The third kappa shape index (κ3) is 4.84. The van der Waals surface area contributed by atoms with Gasteiger partial charge in [-0.25, -0.2) is 4.68 Å². The number of nitrogens with zero attached hydrogens (tertiary/aromatic N) is 5. The number of aromatic amines is 1. The average molecular weight is 565 g/mol. The summed E-state index contributed by atoms with van der Waals surface area (Å²) < 4.78 is 3.15. The minimum absolute atomic E-state index is 0.0160. The summed E-state index contributed by atoms with van der Waals surface area (Å²) in [6.45, 7) is 2.71. The van der Waals surface area contributed by atoms with Gasteiger partial charge >= 0.3 is 0 Å². The number of allylic oxidation sites excluding steroid dienone is 1. The molecule has 3 heterocycles. The van der Waals surface area contributed by atoms with E-state index in [0.717, 1.165) is 11.3 Å². The van der Waals surface area contributed by atoms with E-state index in [2.05, 4.69) is 15.4 Å². The number of amides is 1. The molecule has 0 aliphatic carbocycles. The van der Waals surface area contributed by atoms with Crippen molar-refractivity contribution in [2.24, 2.45) is 5.92 Å². The number of carbonyl (C=O) groups excluding carboxylic acids is 1. The Labute approximate surface area is 242 Å². The molecule has 0 fully saturated rings. The minimum Gasteiger partial charge on any atom is -0.396 e. The molecule has 3 aromatic carbocycles. The van der Waals surface area contributed by atoms with Crippen molar-refractivity contribution in [2.45, 2.75) is 38.5 Å². The SMILES string of the molecule is C[C@H](/C=C/CCn1cc(CCO)nn1)[C@@]1(O)C(=O)N(Cc2ccccc2)c2ccc(-n3[nH]c4ccccc4c3=O)cc21. The zero-order valence-electron chi connectivity index (χ0n) is 23.2. The second-order valence-corrected chi connectivity index (χ2v) is 10.6. The second kappa shape index (κ2) is 11.2. The molecule has 5 aromatic rings. The molecule has 2 aromatic heterocycles. The van der Waals surface area contributed by atoms with Gasteiger partial charge in [-0.3, -0.25) is 19.4 Å². The summed E-state index contributed by atoms with van der Waals surface area (Å²) in [6.07, 6.45) is 6.64. The van der Waals surface area contributed by atoms with E-state index in [9.17, 15) is 14.7 Å². The Hall–Kier alpha value is -4.80. The fourth-order valence-corrected chi connectivity index (χ4v) is 5.56. The van der Waals surface area contributed by atoms with Crippen LogP contribution in [0.3, 0.4) is 0 Å². The third-order valence-electron chi connectivity index (χ3n) is 7.85. The third-order valence-corrected chi connectivity index (χ3v) is 7.85. The molecular weight excluding hydrogens is 532 g/mol. The molecule has 0 unspecified atom stereocenters. The fourth-order valence-electron chi connectivity index (χ4n) is 5.56. The molecule has 10 nitrogen and oxygen atoms in total. The molecule has 214 valence electrons. The first-order chi connectivity index (χ1) is 20.4. The van der Waals surface area contributed by atoms with E-state index >= 15 is 0 Å². The van der Waals surface area contributed by atoms with Crippen LogP contribution in [0.1, 0.15) is 30.2 Å². The maximum absolute atomic E-state index is 14.0. The molecule has 1 amide bonds. The summed E-state index contributed by atoms with van der Waals surface area (Å²) in [4.78, 5) is 28.8. The summed E-state index contributed by atoms with van der Waals surface area (Å²) in [7, 11) is 0. The zero-order valence-corrected chi connectivity index (χ0v) is 23.2. The predicted molar refractivity (Wildman–Crippen MR) is 159 cm³/mol. The van der Waals surface area contributed by atoms with Crippen molar-refractivity contribution in [1.29, 1.82) is 0 Å². The van der Waals surface area contributed by atoms with Gasteiger partial charge in [-0.05, 0) is 42.3 Å². The predicted octanol–water partition coefficient (Wildman–Crippen LogP) is 3.46. The van der Waals surface area contributed by atoms with E-state index in [0.29, 0.717) is 53.8 Å². The van der Waals surface area contributed by atoms with Crippen LogP contribution in [0, 0.1) is 5.92 Å². The second-order valence-electron chi connectivity index (χ2n) is 10.6. The van der Waals surface area contributed by atoms with Gasteiger partial charge in [-0.15, -0.1) is 5.10 Å². The number of carbonyl (C=O) groups is 1. The Morgan fingerprint density at radius 2 is 1.83 bits per heavy atom. The molecule has 1 aliphatic rings. The smallest absolute Gasteiger partial charge is 0.279 e. The van der Waals surface area contributed by atoms with Crippen molar-refractivity contribution >= 4 is 22.5 Å². The number of fused-ring (bicyclic) bond motifs is 2. The Kier molecular flexibility index (Phi) is 7.32. The van der Waals surface area contributed by atoms with Gasteiger partial charge in [0.25, 0.3) is 11.5 Å². The quantitative estimate of drug-likeness (QED) is 0.223. The van der Waals surface area contributed by atoms with E-state index < -0.39 is 17.4 Å². The van der Waals surface area contributed by atoms with E-state index in [4.69, 9.17) is 5.11 Å². The van der Waals surface area contributed by atoms with Crippen molar-refractivity contribution in [2.75, 3.05) is 11.5 Å². The number of nitrogens with one attached hydrogen (secondary N) is 1. The fraction of sp³-hybridized carbons (Fsp3) is 0.250. The van der Waals surface area contributed by atoms with Gasteiger partial charge in [0.15, 0.2) is 5.60 Å². The van der Waals surface area contributed by atoms with Crippen molar-refractivity contribution in [3.63, 3.8) is 0 Å². The maximum atomic E-state index is 14.0. The highest BCUT2D eigenvalue weighted by Crippen LogP contribution is 2.46. The van der Waals surface area contributed by atoms with E-state index in [-0.39, 0.29) is 12.2 Å². The largest absolute Gasteiger partial charge is 0.396 e. The molecule has 2 atom stereocenters. The van der Waals surface area contributed by atoms with Crippen LogP contribution in [-0.4, -0.2) is 47.5 Å². The molecule has 0 spiro atoms. The van der Waals surface area contributed by atoms with Crippen LogP contribution in [0.5, 0.6) is 0 Å². The zero-order chi connectivity index (χ0) is 29.3. The Morgan fingerprint density at radius 3 is 2.62 bits per heavy atom. The summed E-state index contributed by atoms with van der Waals surface area (Å²) >= 11 is 0. The van der Waals surface area contributed by atoms with Crippen molar-refractivity contribution in [1.82, 2.24) is 24.8 Å². The van der Waals surface area contributed by atoms with Gasteiger partial charge in [-0.1, -0.05) is 66.8 Å². The van der Waals surface area contributed by atoms with Crippen LogP contribution in [-0.2, 0) is 29.9 Å². The van der Waals surface area contributed by atoms with Crippen molar-refractivity contribution < 1.29 is 15.0 Å². The van der Waals surface area contributed by atoms with Crippen LogP contribution in [0.4, 0.5) is 5.69 Å². The lowest BCUT2D eigenvalue weighted by atomic mass is 9.82. The highest BCUT2D eigenvalue weighted by atomic mass is 16.3. The van der Waals surface area contributed by atoms with Crippen molar-refractivity contribution in [3.8, 4) is 5.69 Å². The van der Waals surface area contributed by atoms with Crippen LogP contribution in [0.25, 0.3) is 16.6 Å². The lowest BCUT2D eigenvalue weighted by Gasteiger charge is -2.28. The number of benzene rings is 3. The van der Waals surface area contributed by atoms with Gasteiger partial charge in [0.2, 0.25) is 0 Å². The lowest BCUT2D eigenvalue weighted by Crippen LogP contribution is -2.44. The molecule has 6 rings (SSSR count). The summed E-state index contributed by atoms with van der Waals surface area (Å²) in [6, 6.07) is 22.2. The molecule has 0 bridgehead atoms. The number of rotatable bonds is 10. The first-order valence-corrected chi connectivity index (χ1v) is 14.0. The molecule has 0 radical (unpaired) electrons. The Morgan fingerprint density at radius 1 is 1.05 bits per heavy atom. The molecule has 1 aliphatic heterocycles. The average Bonchev–Trinajstić information content (AvgIpc) is 3.66. The number of hydrogen-bond acceptors (Lipinski definition) is 6. The molecule has 3 N–H and O–H groups in total. The standard InChI is InChI=1S/C32H32N6O4/c1-22(9-7-8-17-36-21-24(16-18-39)33-35-36)32(42)27-19-25(38-30(40)26-12-5-6-13-28(26)34-38)14-15-29(27)37(31(32)41)20-23-10-3-2-4-11-23/h2-7,9-15,19,21-22,34,39,42H,8,16-18,20H2,1H3/b9-7+/t22-,32+/m1/s1. The number of aryl methyl sites for hydroxylation is 1. The highest BCUT2D eigenvalue weighted by Gasteiger charge is 2.52. The van der Waals surface area contributed by atoms with E-state index in [1.165, 1.54) is 4.68 Å². The van der Waals surface area contributed by atoms with E-state index in [1.54, 1.807) is 40.0 Å². The van der Waals surface area contributed by atoms with E-state index in [1.807, 2.05) is 67.6 Å². The van der Waals surface area contributed by atoms with Crippen LogP contribution in [0.15, 0.2) is 95.9 Å².